The largest absolute Gasteiger partial charge is 0.477 e. The second-order valence-corrected chi connectivity index (χ2v) is 5.14. The molecule has 0 amide bonds. The molecule has 5 heteroatoms. The summed E-state index contributed by atoms with van der Waals surface area (Å²) in [7, 11) is 0. The second-order valence-electron chi connectivity index (χ2n) is 4.12. The molecular weight excluding hydrogens is 226 g/mol. The molecule has 0 aliphatic heterocycles. The summed E-state index contributed by atoms with van der Waals surface area (Å²) in [6, 6.07) is 1.59. The molecule has 0 saturated heterocycles. The highest BCUT2D eigenvalue weighted by molar-refractivity contribution is 7.20. The van der Waals surface area contributed by atoms with Crippen LogP contribution in [0.2, 0.25) is 0 Å². The summed E-state index contributed by atoms with van der Waals surface area (Å²) in [6.07, 6.45) is 4.75. The highest BCUT2D eigenvalue weighted by Gasteiger charge is 2.23. The minimum absolute atomic E-state index is 0.291. The highest BCUT2D eigenvalue weighted by Crippen LogP contribution is 2.36. The van der Waals surface area contributed by atoms with E-state index in [0.29, 0.717) is 21.2 Å². The number of oxazole rings is 1. The van der Waals surface area contributed by atoms with Crippen molar-refractivity contribution in [3.8, 4) is 0 Å². The molecule has 0 atom stereocenters. The maximum absolute atomic E-state index is 10.8. The first-order valence-electron chi connectivity index (χ1n) is 5.37. The molecule has 1 aliphatic carbocycles. The van der Waals surface area contributed by atoms with Crippen LogP contribution in [0, 0.1) is 0 Å². The van der Waals surface area contributed by atoms with Crippen LogP contribution in [-0.4, -0.2) is 16.1 Å². The number of carbonyl (C=O) groups is 1. The quantitative estimate of drug-likeness (QED) is 0.870. The van der Waals surface area contributed by atoms with Crippen molar-refractivity contribution in [1.82, 2.24) is 4.98 Å². The van der Waals surface area contributed by atoms with E-state index >= 15 is 0 Å². The number of rotatable bonds is 2. The van der Waals surface area contributed by atoms with Gasteiger partial charge in [0.05, 0.1) is 0 Å². The fourth-order valence-corrected chi connectivity index (χ4v) is 3.00. The number of carboxylic acid groups (broad SMARTS) is 1. The maximum atomic E-state index is 10.8. The summed E-state index contributed by atoms with van der Waals surface area (Å²) in [5, 5.41) is 8.83. The molecular formula is C11H11NO3S. The van der Waals surface area contributed by atoms with Crippen LogP contribution in [0.15, 0.2) is 10.5 Å². The molecule has 2 aromatic heterocycles. The van der Waals surface area contributed by atoms with Crippen LogP contribution in [0.4, 0.5) is 0 Å². The number of carboxylic acids is 1. The predicted octanol–water partition coefficient (Wildman–Crippen LogP) is 3.25. The number of thiophene rings is 1. The minimum Gasteiger partial charge on any atom is -0.477 e. The fourth-order valence-electron chi connectivity index (χ4n) is 2.21. The van der Waals surface area contributed by atoms with Crippen LogP contribution in [0.5, 0.6) is 0 Å². The van der Waals surface area contributed by atoms with E-state index in [4.69, 9.17) is 9.52 Å². The SMILES string of the molecule is O=C(O)c1cc2nc(C3CCCC3)oc2s1. The van der Waals surface area contributed by atoms with E-state index in [0.717, 1.165) is 30.1 Å². The van der Waals surface area contributed by atoms with Crippen molar-refractivity contribution >= 4 is 27.7 Å². The summed E-state index contributed by atoms with van der Waals surface area (Å²) in [5.74, 6) is 0.309. The van der Waals surface area contributed by atoms with E-state index in [1.54, 1.807) is 6.07 Å². The van der Waals surface area contributed by atoms with Crippen molar-refractivity contribution < 1.29 is 14.3 Å². The Hall–Kier alpha value is -1.36. The first-order chi connectivity index (χ1) is 7.74. The second kappa shape index (κ2) is 3.59. The van der Waals surface area contributed by atoms with Gasteiger partial charge in [0.25, 0.3) is 0 Å². The summed E-state index contributed by atoms with van der Waals surface area (Å²) >= 11 is 1.16. The van der Waals surface area contributed by atoms with E-state index in [9.17, 15) is 4.79 Å². The van der Waals surface area contributed by atoms with Crippen LogP contribution in [0.1, 0.15) is 47.2 Å². The highest BCUT2D eigenvalue weighted by atomic mass is 32.1. The lowest BCUT2D eigenvalue weighted by atomic mass is 10.1. The van der Waals surface area contributed by atoms with Crippen LogP contribution in [0.3, 0.4) is 0 Å². The number of hydrogen-bond acceptors (Lipinski definition) is 4. The molecule has 0 radical (unpaired) electrons. The van der Waals surface area contributed by atoms with Crippen molar-refractivity contribution in [3.05, 3.63) is 16.8 Å². The summed E-state index contributed by atoms with van der Waals surface area (Å²) in [6.45, 7) is 0. The predicted molar refractivity (Wildman–Crippen MR) is 60.1 cm³/mol. The van der Waals surface area contributed by atoms with E-state index in [1.165, 1.54) is 12.8 Å². The Bertz CT molecular complexity index is 505. The molecule has 0 spiro atoms. The zero-order valence-electron chi connectivity index (χ0n) is 8.60. The summed E-state index contributed by atoms with van der Waals surface area (Å²) in [4.78, 5) is 16.1. The van der Waals surface area contributed by atoms with Crippen LogP contribution >= 0.6 is 11.3 Å². The van der Waals surface area contributed by atoms with E-state index in [1.807, 2.05) is 0 Å². The molecule has 1 fully saturated rings. The van der Waals surface area contributed by atoms with E-state index in [-0.39, 0.29) is 0 Å². The zero-order chi connectivity index (χ0) is 11.1. The first-order valence-corrected chi connectivity index (χ1v) is 6.19. The number of aromatic nitrogens is 1. The van der Waals surface area contributed by atoms with Crippen LogP contribution in [-0.2, 0) is 0 Å². The molecule has 2 aromatic rings. The van der Waals surface area contributed by atoms with E-state index in [2.05, 4.69) is 4.98 Å². The Kier molecular flexibility index (Phi) is 2.21. The first kappa shape index (κ1) is 9.84. The third-order valence-electron chi connectivity index (χ3n) is 3.02. The van der Waals surface area contributed by atoms with Gasteiger partial charge in [0.15, 0.2) is 5.89 Å². The van der Waals surface area contributed by atoms with Gasteiger partial charge < -0.3 is 9.52 Å². The van der Waals surface area contributed by atoms with Crippen molar-refractivity contribution in [2.45, 2.75) is 31.6 Å². The molecule has 4 nitrogen and oxygen atoms in total. The topological polar surface area (TPSA) is 63.3 Å². The lowest BCUT2D eigenvalue weighted by molar-refractivity contribution is 0.0702. The third kappa shape index (κ3) is 1.51. The van der Waals surface area contributed by atoms with Gasteiger partial charge >= 0.3 is 5.97 Å². The normalized spacial score (nSPS) is 17.2. The van der Waals surface area contributed by atoms with Gasteiger partial charge in [0.2, 0.25) is 4.90 Å². The van der Waals surface area contributed by atoms with E-state index < -0.39 is 5.97 Å². The molecule has 0 unspecified atom stereocenters. The smallest absolute Gasteiger partial charge is 0.346 e. The summed E-state index contributed by atoms with van der Waals surface area (Å²) in [5.41, 5.74) is 0.685. The molecule has 1 saturated carbocycles. The molecule has 16 heavy (non-hydrogen) atoms. The van der Waals surface area contributed by atoms with Gasteiger partial charge in [-0.2, -0.15) is 0 Å². The number of nitrogens with zero attached hydrogens (tertiary/aromatic N) is 1. The van der Waals surface area contributed by atoms with Gasteiger partial charge in [0.1, 0.15) is 10.4 Å². The van der Waals surface area contributed by atoms with Crippen molar-refractivity contribution in [1.29, 1.82) is 0 Å². The average molecular weight is 237 g/mol. The Labute approximate surface area is 95.9 Å². The molecule has 2 heterocycles. The number of hydrogen-bond donors (Lipinski definition) is 1. The summed E-state index contributed by atoms with van der Waals surface area (Å²) < 4.78 is 5.63. The van der Waals surface area contributed by atoms with Crippen molar-refractivity contribution in [2.75, 3.05) is 0 Å². The minimum atomic E-state index is -0.916. The van der Waals surface area contributed by atoms with Crippen molar-refractivity contribution in [2.24, 2.45) is 0 Å². The van der Waals surface area contributed by atoms with Gasteiger partial charge in [-0.15, -0.1) is 0 Å². The maximum Gasteiger partial charge on any atom is 0.346 e. The van der Waals surface area contributed by atoms with Crippen LogP contribution in [0.25, 0.3) is 10.4 Å². The van der Waals surface area contributed by atoms with Gasteiger partial charge in [-0.1, -0.05) is 24.2 Å². The number of fused-ring (bicyclic) bond motifs is 1. The van der Waals surface area contributed by atoms with Gasteiger partial charge in [0, 0.05) is 5.92 Å². The van der Waals surface area contributed by atoms with Crippen LogP contribution < -0.4 is 0 Å². The van der Waals surface area contributed by atoms with Gasteiger partial charge in [-0.05, 0) is 18.9 Å². The van der Waals surface area contributed by atoms with Gasteiger partial charge in [-0.25, -0.2) is 9.78 Å². The average Bonchev–Trinajstić information content (AvgIpc) is 2.91. The Morgan fingerprint density at radius 1 is 1.50 bits per heavy atom. The molecule has 1 aliphatic rings. The molecule has 0 aromatic carbocycles. The van der Waals surface area contributed by atoms with Crippen molar-refractivity contribution in [3.63, 3.8) is 0 Å². The number of aromatic carboxylic acids is 1. The molecule has 3 rings (SSSR count). The Balaban J connectivity index is 1.98. The Morgan fingerprint density at radius 3 is 2.88 bits per heavy atom. The molecule has 1 N–H and O–H groups in total. The third-order valence-corrected chi connectivity index (χ3v) is 4.01. The fraction of sp³-hybridized carbons (Fsp3) is 0.455. The lowest BCUT2D eigenvalue weighted by Gasteiger charge is -2.00. The zero-order valence-corrected chi connectivity index (χ0v) is 9.42. The standard InChI is InChI=1S/C11H11NO3S/c13-10(14)8-5-7-11(16-8)15-9(12-7)6-3-1-2-4-6/h5-6H,1-4H2,(H,13,14). The Morgan fingerprint density at radius 2 is 2.25 bits per heavy atom. The van der Waals surface area contributed by atoms with Gasteiger partial charge in [-0.3, -0.25) is 0 Å². The lowest BCUT2D eigenvalue weighted by Crippen LogP contribution is -1.92. The monoisotopic (exact) mass is 237 g/mol. The molecule has 84 valence electrons. The molecule has 0 bridgehead atoms.